The third kappa shape index (κ3) is 12.9. The number of carbonyl (C=O) groups excluding carboxylic acids is 1. The Morgan fingerprint density at radius 3 is 1.85 bits per heavy atom. The molecule has 0 aliphatic carbocycles. The highest BCUT2D eigenvalue weighted by Gasteiger charge is 2.21. The number of unbranched alkanes of at least 4 members (excludes halogenated alkanes) is 15. The summed E-state index contributed by atoms with van der Waals surface area (Å²) in [5.41, 5.74) is 1.65. The molecule has 2 rings (SSSR count). The Morgan fingerprint density at radius 2 is 1.29 bits per heavy atom. The Hall–Kier alpha value is -2.23. The van der Waals surface area contributed by atoms with Gasteiger partial charge in [0.15, 0.2) is 12.7 Å². The molecule has 0 radical (unpaired) electrons. The molecular weight excluding hydrogens is 420 g/mol. The lowest BCUT2D eigenvalue weighted by atomic mass is 10.0. The number of benzene rings is 1. The van der Waals surface area contributed by atoms with Crippen molar-refractivity contribution in [2.24, 2.45) is 0 Å². The standard InChI is InChI=1S/C30H47N2O2/c1-2-3-4-5-6-7-8-9-10-11-12-13-14-15-16-20-25-34-30(33)29-26-31-23-24-32(29)27-28-21-18-17-19-22-28/h17-19,21-24,26H,2-16,20,25,27H2,1H3/q+1. The first kappa shape index (κ1) is 28.0. The van der Waals surface area contributed by atoms with E-state index in [1.165, 1.54) is 89.9 Å². The second-order valence-electron chi connectivity index (χ2n) is 9.51. The minimum Gasteiger partial charge on any atom is -0.458 e. The Bertz CT molecular complexity index is 763. The van der Waals surface area contributed by atoms with E-state index in [-0.39, 0.29) is 5.97 Å². The molecule has 0 saturated carbocycles. The van der Waals surface area contributed by atoms with Gasteiger partial charge in [-0.05, 0) is 6.42 Å². The van der Waals surface area contributed by atoms with Crippen LogP contribution < -0.4 is 4.57 Å². The fraction of sp³-hybridized carbons (Fsp3) is 0.633. The van der Waals surface area contributed by atoms with E-state index in [2.05, 4.69) is 24.0 Å². The number of carbonyl (C=O) groups is 1. The van der Waals surface area contributed by atoms with Crippen LogP contribution in [-0.2, 0) is 11.3 Å². The summed E-state index contributed by atoms with van der Waals surface area (Å²) in [4.78, 5) is 16.6. The van der Waals surface area contributed by atoms with E-state index in [1.54, 1.807) is 12.4 Å². The van der Waals surface area contributed by atoms with Crippen LogP contribution in [0.5, 0.6) is 0 Å². The molecule has 1 aromatic carbocycles. The maximum absolute atomic E-state index is 12.5. The highest BCUT2D eigenvalue weighted by molar-refractivity contribution is 5.85. The van der Waals surface area contributed by atoms with Crippen molar-refractivity contribution in [3.63, 3.8) is 0 Å². The third-order valence-corrected chi connectivity index (χ3v) is 6.47. The van der Waals surface area contributed by atoms with Crippen molar-refractivity contribution in [3.05, 3.63) is 60.2 Å². The number of rotatable bonds is 20. The molecule has 0 unspecified atom stereocenters. The van der Waals surface area contributed by atoms with Crippen LogP contribution in [0, 0.1) is 0 Å². The average molecular weight is 468 g/mol. The smallest absolute Gasteiger partial charge is 0.405 e. The molecule has 0 aliphatic rings. The van der Waals surface area contributed by atoms with Crippen LogP contribution in [0.1, 0.15) is 126 Å². The van der Waals surface area contributed by atoms with Gasteiger partial charge in [0.1, 0.15) is 6.20 Å². The van der Waals surface area contributed by atoms with Crippen molar-refractivity contribution in [3.8, 4) is 0 Å². The van der Waals surface area contributed by atoms with Crippen molar-refractivity contribution >= 4 is 5.97 Å². The summed E-state index contributed by atoms with van der Waals surface area (Å²) in [7, 11) is 0. The molecule has 4 nitrogen and oxygen atoms in total. The Labute approximate surface area is 208 Å². The van der Waals surface area contributed by atoms with Gasteiger partial charge in [-0.25, -0.2) is 4.79 Å². The maximum atomic E-state index is 12.5. The van der Waals surface area contributed by atoms with E-state index in [1.807, 2.05) is 29.0 Å². The Balaban J connectivity index is 1.44. The second kappa shape index (κ2) is 19.1. The summed E-state index contributed by atoms with van der Waals surface area (Å²) < 4.78 is 7.43. The van der Waals surface area contributed by atoms with Crippen LogP contribution in [-0.4, -0.2) is 17.6 Å². The molecular formula is C30H47N2O2+. The van der Waals surface area contributed by atoms with Crippen LogP contribution in [0.3, 0.4) is 0 Å². The quantitative estimate of drug-likeness (QED) is 0.113. The zero-order chi connectivity index (χ0) is 24.1. The van der Waals surface area contributed by atoms with Gasteiger partial charge in [-0.2, -0.15) is 4.57 Å². The van der Waals surface area contributed by atoms with Gasteiger partial charge in [0.25, 0.3) is 0 Å². The van der Waals surface area contributed by atoms with Gasteiger partial charge in [0.05, 0.1) is 12.8 Å². The lowest BCUT2D eigenvalue weighted by Crippen LogP contribution is -2.41. The van der Waals surface area contributed by atoms with E-state index in [9.17, 15) is 4.79 Å². The number of hydrogen-bond acceptors (Lipinski definition) is 3. The van der Waals surface area contributed by atoms with Crippen molar-refractivity contribution in [1.29, 1.82) is 0 Å². The van der Waals surface area contributed by atoms with Gasteiger partial charge in [0, 0.05) is 5.56 Å². The summed E-state index contributed by atoms with van der Waals surface area (Å²) in [6.45, 7) is 3.40. The highest BCUT2D eigenvalue weighted by atomic mass is 16.5. The van der Waals surface area contributed by atoms with Crippen molar-refractivity contribution in [2.75, 3.05) is 6.61 Å². The van der Waals surface area contributed by atoms with E-state index in [0.29, 0.717) is 18.8 Å². The summed E-state index contributed by atoms with van der Waals surface area (Å²) in [6, 6.07) is 10.1. The predicted molar refractivity (Wildman–Crippen MR) is 140 cm³/mol. The van der Waals surface area contributed by atoms with E-state index in [4.69, 9.17) is 4.74 Å². The van der Waals surface area contributed by atoms with Gasteiger partial charge in [-0.15, -0.1) is 0 Å². The number of nitrogens with zero attached hydrogens (tertiary/aromatic N) is 2. The average Bonchev–Trinajstić information content (AvgIpc) is 2.86. The molecule has 0 spiro atoms. The first-order chi connectivity index (χ1) is 16.8. The first-order valence-corrected chi connectivity index (χ1v) is 13.9. The molecule has 0 aliphatic heterocycles. The monoisotopic (exact) mass is 467 g/mol. The Morgan fingerprint density at radius 1 is 0.765 bits per heavy atom. The molecule has 0 N–H and O–H groups in total. The predicted octanol–water partition coefficient (Wildman–Crippen LogP) is 7.84. The van der Waals surface area contributed by atoms with Crippen LogP contribution in [0.25, 0.3) is 0 Å². The summed E-state index contributed by atoms with van der Waals surface area (Å²) in [5.74, 6) is -0.287. The SMILES string of the molecule is CCCCCCCCCCCCCCCCCCOC(=O)c1cncc[n+]1Cc1ccccc1. The molecule has 34 heavy (non-hydrogen) atoms. The van der Waals surface area contributed by atoms with E-state index >= 15 is 0 Å². The van der Waals surface area contributed by atoms with Crippen molar-refractivity contribution in [1.82, 2.24) is 4.98 Å². The third-order valence-electron chi connectivity index (χ3n) is 6.47. The number of esters is 1. The zero-order valence-electron chi connectivity index (χ0n) is 21.6. The number of hydrogen-bond donors (Lipinski definition) is 0. The number of ether oxygens (including phenoxy) is 1. The van der Waals surface area contributed by atoms with Crippen molar-refractivity contribution in [2.45, 2.75) is 116 Å². The van der Waals surface area contributed by atoms with Crippen LogP contribution in [0.4, 0.5) is 0 Å². The maximum Gasteiger partial charge on any atom is 0.405 e. The lowest BCUT2D eigenvalue weighted by molar-refractivity contribution is -0.691. The highest BCUT2D eigenvalue weighted by Crippen LogP contribution is 2.13. The lowest BCUT2D eigenvalue weighted by Gasteiger charge is -2.06. The molecule has 2 aromatic rings. The van der Waals surface area contributed by atoms with Crippen LogP contribution in [0.15, 0.2) is 48.9 Å². The molecule has 4 heteroatoms. The van der Waals surface area contributed by atoms with Gasteiger partial charge in [-0.1, -0.05) is 134 Å². The fourth-order valence-electron chi connectivity index (χ4n) is 4.36. The summed E-state index contributed by atoms with van der Waals surface area (Å²) in [5, 5.41) is 0. The van der Waals surface area contributed by atoms with Crippen LogP contribution in [0.2, 0.25) is 0 Å². The van der Waals surface area contributed by atoms with Gasteiger partial charge >= 0.3 is 11.7 Å². The number of aromatic nitrogens is 2. The minimum atomic E-state index is -0.287. The molecule has 188 valence electrons. The molecule has 1 heterocycles. The topological polar surface area (TPSA) is 43.1 Å². The normalized spacial score (nSPS) is 11.0. The molecule has 0 amide bonds. The minimum absolute atomic E-state index is 0.287. The largest absolute Gasteiger partial charge is 0.458 e. The summed E-state index contributed by atoms with van der Waals surface area (Å²) in [6.07, 6.45) is 26.6. The van der Waals surface area contributed by atoms with Crippen molar-refractivity contribution < 1.29 is 14.1 Å². The van der Waals surface area contributed by atoms with E-state index in [0.717, 1.165) is 18.4 Å². The molecule has 0 fully saturated rings. The molecule has 0 atom stereocenters. The fourth-order valence-corrected chi connectivity index (χ4v) is 4.36. The first-order valence-electron chi connectivity index (χ1n) is 13.9. The van der Waals surface area contributed by atoms with Crippen LogP contribution >= 0.6 is 0 Å². The van der Waals surface area contributed by atoms with E-state index < -0.39 is 0 Å². The van der Waals surface area contributed by atoms with Gasteiger partial charge in [-0.3, -0.25) is 4.98 Å². The van der Waals surface area contributed by atoms with Gasteiger partial charge in [0.2, 0.25) is 0 Å². The second-order valence-corrected chi connectivity index (χ2v) is 9.51. The molecule has 0 saturated heterocycles. The molecule has 1 aromatic heterocycles. The summed E-state index contributed by atoms with van der Waals surface area (Å²) >= 11 is 0. The Kier molecular flexibility index (Phi) is 15.7. The molecule has 0 bridgehead atoms. The van der Waals surface area contributed by atoms with Gasteiger partial charge < -0.3 is 4.74 Å². The zero-order valence-corrected chi connectivity index (χ0v) is 21.6.